The van der Waals surface area contributed by atoms with E-state index in [-0.39, 0.29) is 0 Å². The van der Waals surface area contributed by atoms with Crippen molar-refractivity contribution in [2.45, 2.75) is 27.7 Å². The lowest BCUT2D eigenvalue weighted by molar-refractivity contribution is 1.26. The maximum Gasteiger partial charge on any atom is 0.0539 e. The van der Waals surface area contributed by atoms with Gasteiger partial charge in [0.05, 0.1) is 5.70 Å². The van der Waals surface area contributed by atoms with Gasteiger partial charge in [0.15, 0.2) is 0 Å². The highest BCUT2D eigenvalue weighted by molar-refractivity contribution is 5.96. The van der Waals surface area contributed by atoms with Crippen molar-refractivity contribution in [2.24, 2.45) is 0 Å². The summed E-state index contributed by atoms with van der Waals surface area (Å²) in [5.74, 6) is 0. The van der Waals surface area contributed by atoms with Crippen molar-refractivity contribution >= 4 is 40.2 Å². The molecule has 0 aromatic heterocycles. The van der Waals surface area contributed by atoms with E-state index < -0.39 is 0 Å². The van der Waals surface area contributed by atoms with Crippen LogP contribution in [0.1, 0.15) is 33.4 Å². The summed E-state index contributed by atoms with van der Waals surface area (Å²) in [6, 6.07) is 54.5. The summed E-state index contributed by atoms with van der Waals surface area (Å²) in [6.45, 7) is 8.52. The van der Waals surface area contributed by atoms with Crippen molar-refractivity contribution < 1.29 is 0 Å². The van der Waals surface area contributed by atoms with Crippen LogP contribution in [0.3, 0.4) is 0 Å². The van der Waals surface area contributed by atoms with Gasteiger partial charge in [0.2, 0.25) is 0 Å². The van der Waals surface area contributed by atoms with Gasteiger partial charge in [-0.15, -0.1) is 0 Å². The van der Waals surface area contributed by atoms with Crippen molar-refractivity contribution in [3.05, 3.63) is 185 Å². The fourth-order valence-corrected chi connectivity index (χ4v) is 5.41. The minimum Gasteiger partial charge on any atom is -0.311 e. The molecule has 0 atom stereocenters. The predicted octanol–water partition coefficient (Wildman–Crippen LogP) is 11.7. The average Bonchev–Trinajstić information content (AvgIpc) is 3.05. The van der Waals surface area contributed by atoms with Crippen LogP contribution in [-0.2, 0) is 0 Å². The molecule has 0 bridgehead atoms. The number of hydrogen-bond donors (Lipinski definition) is 0. The topological polar surface area (TPSA) is 6.48 Å². The first-order chi connectivity index (χ1) is 21.4. The fourth-order valence-electron chi connectivity index (χ4n) is 5.41. The van der Waals surface area contributed by atoms with Gasteiger partial charge in [-0.1, -0.05) is 113 Å². The van der Waals surface area contributed by atoms with Crippen molar-refractivity contribution in [2.75, 3.05) is 9.80 Å². The van der Waals surface area contributed by atoms with Crippen molar-refractivity contribution in [1.82, 2.24) is 0 Å². The third-order valence-electron chi connectivity index (χ3n) is 7.93. The number of aryl methyl sites for hydroxylation is 4. The zero-order valence-corrected chi connectivity index (χ0v) is 25.9. The van der Waals surface area contributed by atoms with E-state index in [9.17, 15) is 0 Å². The summed E-state index contributed by atoms with van der Waals surface area (Å²) < 4.78 is 0. The molecule has 216 valence electrons. The smallest absolute Gasteiger partial charge is 0.0539 e. The molecule has 0 amide bonds. The van der Waals surface area contributed by atoms with E-state index in [2.05, 4.69) is 195 Å². The Morgan fingerprint density at radius 2 is 0.727 bits per heavy atom. The second kappa shape index (κ2) is 12.9. The molecule has 0 fully saturated rings. The largest absolute Gasteiger partial charge is 0.311 e. The van der Waals surface area contributed by atoms with Gasteiger partial charge < -0.3 is 9.80 Å². The lowest BCUT2D eigenvalue weighted by atomic mass is 10.0. The van der Waals surface area contributed by atoms with Crippen LogP contribution in [0.4, 0.5) is 28.4 Å². The Balaban J connectivity index is 1.46. The Morgan fingerprint density at radius 1 is 0.386 bits per heavy atom. The van der Waals surface area contributed by atoms with E-state index >= 15 is 0 Å². The number of anilines is 5. The molecule has 0 spiro atoms. The van der Waals surface area contributed by atoms with Crippen LogP contribution in [0, 0.1) is 27.7 Å². The molecule has 0 aliphatic heterocycles. The summed E-state index contributed by atoms with van der Waals surface area (Å²) in [5.41, 5.74) is 14.0. The van der Waals surface area contributed by atoms with Crippen LogP contribution in [0.5, 0.6) is 0 Å². The van der Waals surface area contributed by atoms with Crippen molar-refractivity contribution in [1.29, 1.82) is 0 Å². The summed E-state index contributed by atoms with van der Waals surface area (Å²) in [4.78, 5) is 4.67. The zero-order valence-electron chi connectivity index (χ0n) is 25.9. The van der Waals surface area contributed by atoms with Gasteiger partial charge in [-0.05, 0) is 106 Å². The summed E-state index contributed by atoms with van der Waals surface area (Å²) >= 11 is 0. The van der Waals surface area contributed by atoms with E-state index in [4.69, 9.17) is 0 Å². The highest BCUT2D eigenvalue weighted by Crippen LogP contribution is 2.38. The Hall–Kier alpha value is -5.34. The molecule has 44 heavy (non-hydrogen) atoms. The molecule has 0 aliphatic rings. The highest BCUT2D eigenvalue weighted by Gasteiger charge is 2.18. The molecule has 0 aliphatic carbocycles. The first kappa shape index (κ1) is 28.8. The molecule has 0 heterocycles. The first-order valence-corrected chi connectivity index (χ1v) is 15.2. The minimum atomic E-state index is 1.11. The Morgan fingerprint density at radius 3 is 1.11 bits per heavy atom. The lowest BCUT2D eigenvalue weighted by Crippen LogP contribution is -2.15. The summed E-state index contributed by atoms with van der Waals surface area (Å²) in [7, 11) is 0. The zero-order chi connectivity index (χ0) is 30.5. The number of benzene rings is 6. The maximum absolute atomic E-state index is 2.35. The highest BCUT2D eigenvalue weighted by atomic mass is 15.2. The summed E-state index contributed by atoms with van der Waals surface area (Å²) in [6.07, 6.45) is 2.29. The third kappa shape index (κ3) is 6.50. The molecule has 0 N–H and O–H groups in total. The molecule has 6 aromatic carbocycles. The van der Waals surface area contributed by atoms with Gasteiger partial charge in [0, 0.05) is 28.4 Å². The quantitative estimate of drug-likeness (QED) is 0.168. The molecule has 2 heteroatoms. The standard InChI is InChI=1S/C42H38N2/c1-31-10-20-37(21-11-31)43(38-22-12-32(2)13-23-38)39-28-18-35(19-29-39)30-42(36-8-6-5-7-9-36)44(40-24-14-33(3)15-25-40)41-26-16-34(4)17-27-41/h5-30H,1-4H3. The van der Waals surface area contributed by atoms with E-state index in [1.165, 1.54) is 22.3 Å². The van der Waals surface area contributed by atoms with Crippen molar-refractivity contribution in [3.8, 4) is 0 Å². The second-order valence-corrected chi connectivity index (χ2v) is 11.5. The number of nitrogens with zero attached hydrogens (tertiary/aromatic N) is 2. The fraction of sp³-hybridized carbons (Fsp3) is 0.0952. The SMILES string of the molecule is Cc1ccc(N(C(=Cc2ccc(N(c3ccc(C)cc3)c3ccc(C)cc3)cc2)c2ccccc2)c2ccc(C)cc2)cc1. The molecular formula is C42H38N2. The Labute approximate surface area is 262 Å². The van der Waals surface area contributed by atoms with Gasteiger partial charge in [-0.25, -0.2) is 0 Å². The first-order valence-electron chi connectivity index (χ1n) is 15.2. The minimum absolute atomic E-state index is 1.11. The molecular weight excluding hydrogens is 532 g/mol. The monoisotopic (exact) mass is 570 g/mol. The third-order valence-corrected chi connectivity index (χ3v) is 7.93. The Bertz CT molecular complexity index is 1740. The molecule has 0 saturated heterocycles. The number of hydrogen-bond acceptors (Lipinski definition) is 2. The van der Waals surface area contributed by atoms with Crippen LogP contribution < -0.4 is 9.80 Å². The van der Waals surface area contributed by atoms with Crippen LogP contribution in [0.2, 0.25) is 0 Å². The normalized spacial score (nSPS) is 11.3. The van der Waals surface area contributed by atoms with Gasteiger partial charge >= 0.3 is 0 Å². The van der Waals surface area contributed by atoms with Crippen LogP contribution in [0.15, 0.2) is 152 Å². The van der Waals surface area contributed by atoms with Crippen LogP contribution >= 0.6 is 0 Å². The predicted molar refractivity (Wildman–Crippen MR) is 189 cm³/mol. The van der Waals surface area contributed by atoms with Gasteiger partial charge in [-0.3, -0.25) is 0 Å². The van der Waals surface area contributed by atoms with Gasteiger partial charge in [-0.2, -0.15) is 0 Å². The molecule has 2 nitrogen and oxygen atoms in total. The van der Waals surface area contributed by atoms with Crippen LogP contribution in [0.25, 0.3) is 11.8 Å². The van der Waals surface area contributed by atoms with E-state index in [1.54, 1.807) is 0 Å². The molecule has 0 unspecified atom stereocenters. The molecule has 0 saturated carbocycles. The van der Waals surface area contributed by atoms with E-state index in [0.29, 0.717) is 0 Å². The second-order valence-electron chi connectivity index (χ2n) is 11.5. The van der Waals surface area contributed by atoms with E-state index in [0.717, 1.165) is 45.3 Å². The van der Waals surface area contributed by atoms with Crippen LogP contribution in [-0.4, -0.2) is 0 Å². The lowest BCUT2D eigenvalue weighted by Gasteiger charge is -2.29. The maximum atomic E-state index is 2.35. The molecule has 0 radical (unpaired) electrons. The summed E-state index contributed by atoms with van der Waals surface area (Å²) in [5, 5.41) is 0. The van der Waals surface area contributed by atoms with E-state index in [1.807, 2.05) is 0 Å². The number of rotatable bonds is 8. The van der Waals surface area contributed by atoms with Gasteiger partial charge in [0.25, 0.3) is 0 Å². The average molecular weight is 571 g/mol. The molecule has 6 rings (SSSR count). The molecule has 6 aromatic rings. The van der Waals surface area contributed by atoms with Crippen molar-refractivity contribution in [3.63, 3.8) is 0 Å². The Kier molecular flexibility index (Phi) is 8.43. The van der Waals surface area contributed by atoms with Gasteiger partial charge in [0.1, 0.15) is 0 Å².